The normalized spacial score (nSPS) is 18.0. The number of nitrogens with zero attached hydrogens (tertiary/aromatic N) is 3. The smallest absolute Gasteiger partial charge is 0.253 e. The van der Waals surface area contributed by atoms with Gasteiger partial charge >= 0.3 is 0 Å². The summed E-state index contributed by atoms with van der Waals surface area (Å²) in [6.45, 7) is 5.96. The van der Waals surface area contributed by atoms with E-state index in [9.17, 15) is 9.59 Å². The molecule has 0 atom stereocenters. The number of nitrogens with one attached hydrogen (secondary N) is 1. The first kappa shape index (κ1) is 19.6. The summed E-state index contributed by atoms with van der Waals surface area (Å²) in [6, 6.07) is 5.86. The monoisotopic (exact) mass is 396 g/mol. The van der Waals surface area contributed by atoms with E-state index in [2.05, 4.69) is 9.97 Å². The highest BCUT2D eigenvalue weighted by molar-refractivity contribution is 5.94. The van der Waals surface area contributed by atoms with E-state index in [1.54, 1.807) is 13.4 Å². The van der Waals surface area contributed by atoms with Crippen LogP contribution in [0.1, 0.15) is 45.7 Å². The molecule has 1 saturated heterocycles. The number of aromatic amines is 1. The van der Waals surface area contributed by atoms with Crippen molar-refractivity contribution in [3.63, 3.8) is 0 Å². The number of imidazole rings is 1. The molecule has 1 N–H and O–H groups in total. The molecular weight excluding hydrogens is 368 g/mol. The Balaban J connectivity index is 1.57. The lowest BCUT2D eigenvalue weighted by molar-refractivity contribution is -0.145. The molecule has 2 aromatic rings. The van der Waals surface area contributed by atoms with E-state index in [1.807, 2.05) is 41.8 Å². The van der Waals surface area contributed by atoms with Crippen LogP contribution in [0.2, 0.25) is 0 Å². The number of H-pyrrole nitrogens is 1. The van der Waals surface area contributed by atoms with Crippen LogP contribution in [0.4, 0.5) is 0 Å². The summed E-state index contributed by atoms with van der Waals surface area (Å²) in [6.07, 6.45) is 3.83. The topological polar surface area (TPSA) is 78.5 Å². The second kappa shape index (κ2) is 7.63. The number of methoxy groups -OCH3 is 1. The van der Waals surface area contributed by atoms with Crippen molar-refractivity contribution in [2.24, 2.45) is 0 Å². The molecule has 154 valence electrons. The number of likely N-dealkylation sites (tertiary alicyclic amines) is 1. The van der Waals surface area contributed by atoms with Crippen molar-refractivity contribution in [1.82, 2.24) is 19.8 Å². The maximum atomic E-state index is 13.1. The molecule has 29 heavy (non-hydrogen) atoms. The molecule has 0 saturated carbocycles. The van der Waals surface area contributed by atoms with Gasteiger partial charge in [-0.2, -0.15) is 0 Å². The molecular formula is C22H28N4O3. The number of carbonyl (C=O) groups excluding carboxylic acids is 2. The van der Waals surface area contributed by atoms with Crippen molar-refractivity contribution in [1.29, 1.82) is 0 Å². The maximum absolute atomic E-state index is 13.1. The molecule has 2 aliphatic rings. The predicted molar refractivity (Wildman–Crippen MR) is 109 cm³/mol. The first-order valence-electron chi connectivity index (χ1n) is 10.1. The van der Waals surface area contributed by atoms with Crippen LogP contribution < -0.4 is 0 Å². The summed E-state index contributed by atoms with van der Waals surface area (Å²) < 4.78 is 5.11. The van der Waals surface area contributed by atoms with Crippen LogP contribution in [-0.2, 0) is 21.5 Å². The van der Waals surface area contributed by atoms with Crippen molar-refractivity contribution in [2.75, 3.05) is 33.4 Å². The van der Waals surface area contributed by atoms with E-state index in [1.165, 1.54) is 5.56 Å². The number of rotatable bonds is 3. The summed E-state index contributed by atoms with van der Waals surface area (Å²) in [5, 5.41) is 0. The van der Waals surface area contributed by atoms with Crippen LogP contribution in [0.5, 0.6) is 0 Å². The Morgan fingerprint density at radius 1 is 1.17 bits per heavy atom. The van der Waals surface area contributed by atoms with Gasteiger partial charge in [0.25, 0.3) is 5.91 Å². The second-order valence-corrected chi connectivity index (χ2v) is 8.08. The largest absolute Gasteiger partial charge is 0.375 e. The fourth-order valence-corrected chi connectivity index (χ4v) is 4.69. The van der Waals surface area contributed by atoms with Gasteiger partial charge in [0.15, 0.2) is 0 Å². The van der Waals surface area contributed by atoms with Gasteiger partial charge in [-0.25, -0.2) is 4.98 Å². The third-order valence-electron chi connectivity index (χ3n) is 6.46. The van der Waals surface area contributed by atoms with E-state index in [4.69, 9.17) is 4.74 Å². The number of aromatic nitrogens is 2. The Morgan fingerprint density at radius 2 is 1.93 bits per heavy atom. The van der Waals surface area contributed by atoms with E-state index in [0.29, 0.717) is 32.5 Å². The summed E-state index contributed by atoms with van der Waals surface area (Å²) in [5.41, 5.74) is 4.60. The van der Waals surface area contributed by atoms with Gasteiger partial charge in [-0.05, 0) is 49.9 Å². The van der Waals surface area contributed by atoms with Crippen LogP contribution in [-0.4, -0.2) is 64.9 Å². The molecule has 0 aliphatic carbocycles. The minimum atomic E-state index is -0.469. The number of ether oxygens (including phenoxy) is 1. The summed E-state index contributed by atoms with van der Waals surface area (Å²) in [4.78, 5) is 37.5. The molecule has 7 heteroatoms. The molecule has 2 amide bonds. The van der Waals surface area contributed by atoms with Crippen molar-refractivity contribution in [3.8, 4) is 0 Å². The number of hydrogen-bond acceptors (Lipinski definition) is 4. The van der Waals surface area contributed by atoms with Gasteiger partial charge in [0.1, 0.15) is 6.61 Å². The molecule has 4 rings (SSSR count). The van der Waals surface area contributed by atoms with Gasteiger partial charge in [0.05, 0.1) is 17.6 Å². The minimum absolute atomic E-state index is 0.0184. The third-order valence-corrected chi connectivity index (χ3v) is 6.46. The van der Waals surface area contributed by atoms with Gasteiger partial charge in [-0.1, -0.05) is 6.07 Å². The molecule has 0 unspecified atom stereocenters. The number of fused-ring (bicyclic) bond motifs is 2. The quantitative estimate of drug-likeness (QED) is 0.863. The molecule has 1 aromatic carbocycles. The highest BCUT2D eigenvalue weighted by atomic mass is 16.5. The molecule has 1 fully saturated rings. The fraction of sp³-hybridized carbons (Fsp3) is 0.500. The molecule has 2 aliphatic heterocycles. The fourth-order valence-electron chi connectivity index (χ4n) is 4.69. The zero-order chi connectivity index (χ0) is 20.6. The van der Waals surface area contributed by atoms with Crippen molar-refractivity contribution < 1.29 is 14.3 Å². The van der Waals surface area contributed by atoms with Crippen molar-refractivity contribution >= 4 is 11.8 Å². The van der Waals surface area contributed by atoms with Gasteiger partial charge in [-0.3, -0.25) is 9.59 Å². The highest BCUT2D eigenvalue weighted by Gasteiger charge is 2.49. The molecule has 0 radical (unpaired) electrons. The Kier molecular flexibility index (Phi) is 5.17. The number of hydrogen-bond donors (Lipinski definition) is 1. The van der Waals surface area contributed by atoms with E-state index >= 15 is 0 Å². The molecule has 1 aromatic heterocycles. The summed E-state index contributed by atoms with van der Waals surface area (Å²) in [7, 11) is 1.54. The zero-order valence-electron chi connectivity index (χ0n) is 17.3. The molecule has 0 bridgehead atoms. The van der Waals surface area contributed by atoms with E-state index in [0.717, 1.165) is 28.9 Å². The standard InChI is InChI=1S/C22H28N4O3/c1-15-4-5-17(12-16(15)2)21(28)25-10-7-22(8-11-25)20-18(23-14-24-20)6-9-26(22)19(27)13-29-3/h4-5,12,14H,6-11,13H2,1-3H3,(H,23,24). The molecule has 1 spiro atoms. The average molecular weight is 396 g/mol. The number of aryl methyl sites for hydroxylation is 2. The molecule has 3 heterocycles. The number of carbonyl (C=O) groups is 2. The van der Waals surface area contributed by atoms with Gasteiger partial charge < -0.3 is 19.5 Å². The van der Waals surface area contributed by atoms with Crippen LogP contribution in [0.25, 0.3) is 0 Å². The predicted octanol–water partition coefficient (Wildman–Crippen LogP) is 2.19. The van der Waals surface area contributed by atoms with Crippen LogP contribution >= 0.6 is 0 Å². The maximum Gasteiger partial charge on any atom is 0.253 e. The summed E-state index contributed by atoms with van der Waals surface area (Å²) >= 11 is 0. The van der Waals surface area contributed by atoms with Gasteiger partial charge in [-0.15, -0.1) is 0 Å². The van der Waals surface area contributed by atoms with E-state index < -0.39 is 5.54 Å². The Labute approximate surface area is 171 Å². The average Bonchev–Trinajstić information content (AvgIpc) is 3.21. The first-order valence-corrected chi connectivity index (χ1v) is 10.1. The zero-order valence-corrected chi connectivity index (χ0v) is 17.3. The minimum Gasteiger partial charge on any atom is -0.375 e. The lowest BCUT2D eigenvalue weighted by atomic mass is 9.78. The Bertz CT molecular complexity index is 928. The number of benzene rings is 1. The van der Waals surface area contributed by atoms with E-state index in [-0.39, 0.29) is 18.4 Å². The highest BCUT2D eigenvalue weighted by Crippen LogP contribution is 2.42. The lowest BCUT2D eigenvalue weighted by Gasteiger charge is -2.50. The van der Waals surface area contributed by atoms with Crippen LogP contribution in [0, 0.1) is 13.8 Å². The van der Waals surface area contributed by atoms with Crippen LogP contribution in [0.15, 0.2) is 24.5 Å². The van der Waals surface area contributed by atoms with Gasteiger partial charge in [0, 0.05) is 44.4 Å². The summed E-state index contributed by atoms with van der Waals surface area (Å²) in [5.74, 6) is 0.0332. The van der Waals surface area contributed by atoms with Crippen LogP contribution in [0.3, 0.4) is 0 Å². The molecule has 7 nitrogen and oxygen atoms in total. The second-order valence-electron chi connectivity index (χ2n) is 8.08. The van der Waals surface area contributed by atoms with Gasteiger partial charge in [0.2, 0.25) is 5.91 Å². The first-order chi connectivity index (χ1) is 14.0. The SMILES string of the molecule is COCC(=O)N1CCc2[nH]cnc2C12CCN(C(=O)c1ccc(C)c(C)c1)CC2. The third kappa shape index (κ3) is 3.33. The Morgan fingerprint density at radius 3 is 2.62 bits per heavy atom. The lowest BCUT2D eigenvalue weighted by Crippen LogP contribution is -2.59. The van der Waals surface area contributed by atoms with Crippen molar-refractivity contribution in [3.05, 3.63) is 52.6 Å². The number of amides is 2. The number of piperidine rings is 1. The Hall–Kier alpha value is -2.67. The van der Waals surface area contributed by atoms with Crippen molar-refractivity contribution in [2.45, 2.75) is 38.6 Å².